The fraction of sp³-hybridized carbons (Fsp3) is 0.385. The van der Waals surface area contributed by atoms with Crippen molar-refractivity contribution < 1.29 is 14.3 Å². The van der Waals surface area contributed by atoms with E-state index < -0.39 is 0 Å². The highest BCUT2D eigenvalue weighted by Crippen LogP contribution is 2.22. The van der Waals surface area contributed by atoms with Gasteiger partial charge in [-0.25, -0.2) is 0 Å². The lowest BCUT2D eigenvalue weighted by atomic mass is 10.2. The molecule has 32 heavy (non-hydrogen) atoms. The van der Waals surface area contributed by atoms with Crippen molar-refractivity contribution in [3.05, 3.63) is 65.7 Å². The third-order valence-corrected chi connectivity index (χ3v) is 6.16. The topological polar surface area (TPSA) is 53.1 Å². The van der Waals surface area contributed by atoms with Crippen molar-refractivity contribution >= 4 is 23.6 Å². The average Bonchev–Trinajstić information content (AvgIpc) is 3.11. The van der Waals surface area contributed by atoms with Gasteiger partial charge in [0, 0.05) is 57.5 Å². The zero-order valence-corrected chi connectivity index (χ0v) is 18.7. The highest BCUT2D eigenvalue weighted by Gasteiger charge is 2.21. The van der Waals surface area contributed by atoms with Crippen molar-refractivity contribution in [1.29, 1.82) is 0 Å². The summed E-state index contributed by atoms with van der Waals surface area (Å²) >= 11 is 0. The summed E-state index contributed by atoms with van der Waals surface area (Å²) in [5.74, 6) is 1.10. The Kier molecular flexibility index (Phi) is 7.22. The van der Waals surface area contributed by atoms with Crippen LogP contribution in [0.4, 0.5) is 5.69 Å². The molecule has 2 aliphatic rings. The number of ether oxygens (including phenoxy) is 1. The molecule has 168 valence electrons. The van der Waals surface area contributed by atoms with E-state index in [1.54, 1.807) is 13.2 Å². The molecule has 2 aliphatic heterocycles. The van der Waals surface area contributed by atoms with Crippen molar-refractivity contribution in [3.8, 4) is 5.75 Å². The number of methoxy groups -OCH3 is 1. The number of hydrogen-bond acceptors (Lipinski definition) is 4. The van der Waals surface area contributed by atoms with Gasteiger partial charge in [0.2, 0.25) is 11.8 Å². The molecule has 0 N–H and O–H groups in total. The van der Waals surface area contributed by atoms with Crippen molar-refractivity contribution in [3.63, 3.8) is 0 Å². The molecule has 0 saturated carbocycles. The van der Waals surface area contributed by atoms with E-state index in [4.69, 9.17) is 4.74 Å². The molecule has 0 radical (unpaired) electrons. The molecule has 2 amide bonds. The summed E-state index contributed by atoms with van der Waals surface area (Å²) in [6, 6.07) is 16.0. The third-order valence-electron chi connectivity index (χ3n) is 6.16. The maximum Gasteiger partial charge on any atom is 0.246 e. The van der Waals surface area contributed by atoms with Crippen LogP contribution in [0.15, 0.2) is 54.6 Å². The summed E-state index contributed by atoms with van der Waals surface area (Å²) < 4.78 is 5.23. The van der Waals surface area contributed by atoms with Gasteiger partial charge in [-0.2, -0.15) is 0 Å². The molecule has 0 bridgehead atoms. The van der Waals surface area contributed by atoms with Gasteiger partial charge in [-0.05, 0) is 54.3 Å². The number of carbonyl (C=O) groups is 2. The molecule has 6 heteroatoms. The minimum absolute atomic E-state index is 0.0510. The highest BCUT2D eigenvalue weighted by atomic mass is 16.5. The van der Waals surface area contributed by atoms with Crippen LogP contribution in [0.3, 0.4) is 0 Å². The van der Waals surface area contributed by atoms with Crippen LogP contribution in [0.1, 0.15) is 30.4 Å². The summed E-state index contributed by atoms with van der Waals surface area (Å²) in [5, 5.41) is 0. The summed E-state index contributed by atoms with van der Waals surface area (Å²) in [6.45, 7) is 5.03. The Bertz CT molecular complexity index is 953. The monoisotopic (exact) mass is 433 g/mol. The van der Waals surface area contributed by atoms with E-state index in [0.717, 1.165) is 69.1 Å². The average molecular weight is 434 g/mol. The lowest BCUT2D eigenvalue weighted by molar-refractivity contribution is -0.125. The molecule has 0 aromatic heterocycles. The Morgan fingerprint density at radius 2 is 1.72 bits per heavy atom. The predicted octanol–water partition coefficient (Wildman–Crippen LogP) is 3.57. The fourth-order valence-electron chi connectivity index (χ4n) is 4.30. The zero-order chi connectivity index (χ0) is 22.3. The second kappa shape index (κ2) is 10.5. The quantitative estimate of drug-likeness (QED) is 0.654. The fourth-order valence-corrected chi connectivity index (χ4v) is 4.30. The van der Waals surface area contributed by atoms with Crippen LogP contribution in [0.5, 0.6) is 5.75 Å². The standard InChI is InChI=1S/C26H31N3O3/c1-32-24-12-7-22(8-13-24)20-27-15-3-16-28(19-18-27)25(30)14-9-21-5-10-23(11-6-21)29-17-2-4-26(29)31/h5-14H,2-4,15-20H2,1H3. The molecule has 2 heterocycles. The van der Waals surface area contributed by atoms with Crippen LogP contribution in [0, 0.1) is 0 Å². The Labute approximate surface area is 190 Å². The Balaban J connectivity index is 1.28. The molecule has 0 unspecified atom stereocenters. The van der Waals surface area contributed by atoms with Gasteiger partial charge in [-0.3, -0.25) is 14.5 Å². The smallest absolute Gasteiger partial charge is 0.246 e. The maximum absolute atomic E-state index is 12.7. The van der Waals surface area contributed by atoms with E-state index >= 15 is 0 Å². The number of anilines is 1. The van der Waals surface area contributed by atoms with Crippen LogP contribution >= 0.6 is 0 Å². The number of rotatable bonds is 6. The number of carbonyl (C=O) groups excluding carboxylic acids is 2. The van der Waals surface area contributed by atoms with Crippen molar-refractivity contribution in [2.75, 3.05) is 44.7 Å². The largest absolute Gasteiger partial charge is 0.497 e. The molecule has 2 aromatic carbocycles. The van der Waals surface area contributed by atoms with Gasteiger partial charge in [0.05, 0.1) is 7.11 Å². The highest BCUT2D eigenvalue weighted by molar-refractivity contribution is 5.95. The minimum Gasteiger partial charge on any atom is -0.497 e. The van der Waals surface area contributed by atoms with Gasteiger partial charge in [-0.1, -0.05) is 24.3 Å². The van der Waals surface area contributed by atoms with Gasteiger partial charge in [0.1, 0.15) is 5.75 Å². The van der Waals surface area contributed by atoms with E-state index in [-0.39, 0.29) is 11.8 Å². The van der Waals surface area contributed by atoms with Gasteiger partial charge < -0.3 is 14.5 Å². The summed E-state index contributed by atoms with van der Waals surface area (Å²) in [6.07, 6.45) is 6.03. The number of benzene rings is 2. The first-order valence-electron chi connectivity index (χ1n) is 11.3. The van der Waals surface area contributed by atoms with E-state index in [9.17, 15) is 9.59 Å². The van der Waals surface area contributed by atoms with Crippen molar-refractivity contribution in [2.24, 2.45) is 0 Å². The molecule has 0 spiro atoms. The third kappa shape index (κ3) is 5.56. The normalized spacial score (nSPS) is 17.7. The molecule has 0 aliphatic carbocycles. The van der Waals surface area contributed by atoms with Gasteiger partial charge >= 0.3 is 0 Å². The molecule has 6 nitrogen and oxygen atoms in total. The Morgan fingerprint density at radius 3 is 2.41 bits per heavy atom. The van der Waals surface area contributed by atoms with Crippen LogP contribution in [-0.4, -0.2) is 61.4 Å². The summed E-state index contributed by atoms with van der Waals surface area (Å²) in [7, 11) is 1.68. The predicted molar refractivity (Wildman–Crippen MR) is 127 cm³/mol. The first kappa shape index (κ1) is 22.1. The van der Waals surface area contributed by atoms with E-state index in [1.807, 2.05) is 52.3 Å². The molecule has 0 atom stereocenters. The molecule has 2 saturated heterocycles. The van der Waals surface area contributed by atoms with Crippen LogP contribution in [0.2, 0.25) is 0 Å². The van der Waals surface area contributed by atoms with Gasteiger partial charge in [0.15, 0.2) is 0 Å². The molecular formula is C26H31N3O3. The summed E-state index contributed by atoms with van der Waals surface area (Å²) in [5.41, 5.74) is 3.15. The zero-order valence-electron chi connectivity index (χ0n) is 18.7. The Morgan fingerprint density at radius 1 is 0.938 bits per heavy atom. The van der Waals surface area contributed by atoms with Gasteiger partial charge in [-0.15, -0.1) is 0 Å². The van der Waals surface area contributed by atoms with Crippen LogP contribution in [-0.2, 0) is 16.1 Å². The second-order valence-electron chi connectivity index (χ2n) is 8.38. The SMILES string of the molecule is COc1ccc(CN2CCCN(C(=O)C=Cc3ccc(N4CCCC4=O)cc3)CC2)cc1. The summed E-state index contributed by atoms with van der Waals surface area (Å²) in [4.78, 5) is 30.8. The van der Waals surface area contributed by atoms with Crippen molar-refractivity contribution in [1.82, 2.24) is 9.80 Å². The number of hydrogen-bond donors (Lipinski definition) is 0. The first-order valence-corrected chi connectivity index (χ1v) is 11.3. The lowest BCUT2D eigenvalue weighted by Gasteiger charge is -2.21. The Hall–Kier alpha value is -3.12. The minimum atomic E-state index is 0.0510. The van der Waals surface area contributed by atoms with Crippen LogP contribution in [0.25, 0.3) is 6.08 Å². The molecule has 2 aromatic rings. The van der Waals surface area contributed by atoms with E-state index in [0.29, 0.717) is 6.42 Å². The number of nitrogens with zero attached hydrogens (tertiary/aromatic N) is 3. The molecule has 2 fully saturated rings. The van der Waals surface area contributed by atoms with E-state index in [1.165, 1.54) is 5.56 Å². The molecular weight excluding hydrogens is 402 g/mol. The first-order chi connectivity index (χ1) is 15.6. The van der Waals surface area contributed by atoms with Crippen molar-refractivity contribution in [2.45, 2.75) is 25.8 Å². The van der Waals surface area contributed by atoms with E-state index in [2.05, 4.69) is 17.0 Å². The maximum atomic E-state index is 12.7. The number of amides is 2. The second-order valence-corrected chi connectivity index (χ2v) is 8.38. The molecule has 4 rings (SSSR count). The lowest BCUT2D eigenvalue weighted by Crippen LogP contribution is -2.34. The van der Waals surface area contributed by atoms with Crippen LogP contribution < -0.4 is 9.64 Å². The van der Waals surface area contributed by atoms with Gasteiger partial charge in [0.25, 0.3) is 0 Å².